The maximum atomic E-state index is 11.1. The third-order valence-electron chi connectivity index (χ3n) is 2.53. The topological polar surface area (TPSA) is 38.8 Å². The molecule has 3 nitrogen and oxygen atoms in total. The highest BCUT2D eigenvalue weighted by Crippen LogP contribution is 2.40. The van der Waals surface area contributed by atoms with E-state index in [0.29, 0.717) is 6.10 Å². The fraction of sp³-hybridized carbons (Fsp3) is 0.875. The molecular weight excluding hydrogens is 144 g/mol. The summed E-state index contributed by atoms with van der Waals surface area (Å²) in [6.07, 6.45) is 3.72. The highest BCUT2D eigenvalue weighted by Gasteiger charge is 2.50. The molecule has 62 valence electrons. The minimum Gasteiger partial charge on any atom is -0.469 e. The van der Waals surface area contributed by atoms with Crippen molar-refractivity contribution in [3.8, 4) is 0 Å². The quantitative estimate of drug-likeness (QED) is 0.415. The maximum Gasteiger partial charge on any atom is 0.311 e. The van der Waals surface area contributed by atoms with Crippen LogP contribution in [0, 0.1) is 5.92 Å². The van der Waals surface area contributed by atoms with Crippen molar-refractivity contribution < 1.29 is 14.3 Å². The van der Waals surface area contributed by atoms with Gasteiger partial charge in [0.15, 0.2) is 0 Å². The monoisotopic (exact) mass is 156 g/mol. The van der Waals surface area contributed by atoms with Gasteiger partial charge in [0.25, 0.3) is 0 Å². The summed E-state index contributed by atoms with van der Waals surface area (Å²) in [4.78, 5) is 11.1. The maximum absolute atomic E-state index is 11.1. The molecule has 0 radical (unpaired) electrons. The summed E-state index contributed by atoms with van der Waals surface area (Å²) in [6, 6.07) is 0. The number of ether oxygens (including phenoxy) is 2. The van der Waals surface area contributed by atoms with Gasteiger partial charge in [0.1, 0.15) is 0 Å². The molecule has 3 unspecified atom stereocenters. The van der Waals surface area contributed by atoms with Gasteiger partial charge in [-0.2, -0.15) is 0 Å². The first-order valence-corrected chi connectivity index (χ1v) is 4.06. The Balaban J connectivity index is 1.97. The zero-order valence-electron chi connectivity index (χ0n) is 6.58. The molecule has 3 atom stereocenters. The van der Waals surface area contributed by atoms with Crippen LogP contribution in [0.15, 0.2) is 0 Å². The summed E-state index contributed by atoms with van der Waals surface area (Å²) in [5.41, 5.74) is 0. The number of epoxide rings is 1. The number of hydrogen-bond acceptors (Lipinski definition) is 3. The summed E-state index contributed by atoms with van der Waals surface area (Å²) in [6.45, 7) is 0. The molecule has 0 amide bonds. The lowest BCUT2D eigenvalue weighted by atomic mass is 9.89. The van der Waals surface area contributed by atoms with Crippen LogP contribution in [0.2, 0.25) is 0 Å². The minimum atomic E-state index is -0.0998. The highest BCUT2D eigenvalue weighted by atomic mass is 16.6. The first kappa shape index (κ1) is 7.10. The normalized spacial score (nSPS) is 41.0. The van der Waals surface area contributed by atoms with Gasteiger partial charge >= 0.3 is 5.97 Å². The molecule has 2 fully saturated rings. The van der Waals surface area contributed by atoms with Gasteiger partial charge in [0.05, 0.1) is 25.2 Å². The molecule has 0 N–H and O–H groups in total. The number of hydrogen-bond donors (Lipinski definition) is 0. The van der Waals surface area contributed by atoms with Crippen molar-refractivity contribution in [2.75, 3.05) is 7.11 Å². The van der Waals surface area contributed by atoms with E-state index in [1.54, 1.807) is 0 Å². The molecule has 1 saturated heterocycles. The number of carbonyl (C=O) groups excluding carboxylic acids is 1. The Kier molecular flexibility index (Phi) is 1.60. The van der Waals surface area contributed by atoms with Crippen LogP contribution in [-0.2, 0) is 14.3 Å². The van der Waals surface area contributed by atoms with Crippen molar-refractivity contribution in [1.82, 2.24) is 0 Å². The second-order valence-corrected chi connectivity index (χ2v) is 3.20. The van der Waals surface area contributed by atoms with Gasteiger partial charge in [-0.1, -0.05) is 0 Å². The molecule has 1 saturated carbocycles. The minimum absolute atomic E-state index is 0.0266. The molecule has 0 bridgehead atoms. The largest absolute Gasteiger partial charge is 0.469 e. The van der Waals surface area contributed by atoms with Crippen LogP contribution >= 0.6 is 0 Å². The van der Waals surface area contributed by atoms with E-state index >= 15 is 0 Å². The fourth-order valence-corrected chi connectivity index (χ4v) is 1.85. The van der Waals surface area contributed by atoms with E-state index in [0.717, 1.165) is 19.3 Å². The lowest BCUT2D eigenvalue weighted by molar-refractivity contribution is -0.146. The van der Waals surface area contributed by atoms with E-state index in [-0.39, 0.29) is 18.0 Å². The second-order valence-electron chi connectivity index (χ2n) is 3.20. The molecule has 3 heteroatoms. The zero-order chi connectivity index (χ0) is 7.84. The predicted octanol–water partition coefficient (Wildman–Crippen LogP) is 0.727. The predicted molar refractivity (Wildman–Crippen MR) is 38.0 cm³/mol. The van der Waals surface area contributed by atoms with Gasteiger partial charge in [0, 0.05) is 0 Å². The molecule has 11 heavy (non-hydrogen) atoms. The summed E-state index contributed by atoms with van der Waals surface area (Å²) in [7, 11) is 1.44. The van der Waals surface area contributed by atoms with Gasteiger partial charge in [-0.15, -0.1) is 0 Å². The Morgan fingerprint density at radius 3 is 3.09 bits per heavy atom. The number of fused-ring (bicyclic) bond motifs is 1. The van der Waals surface area contributed by atoms with Gasteiger partial charge in [-0.3, -0.25) is 4.79 Å². The van der Waals surface area contributed by atoms with E-state index in [1.165, 1.54) is 7.11 Å². The van der Waals surface area contributed by atoms with Gasteiger partial charge in [-0.25, -0.2) is 0 Å². The Bertz CT molecular complexity index is 178. The summed E-state index contributed by atoms with van der Waals surface area (Å²) >= 11 is 0. The average molecular weight is 156 g/mol. The van der Waals surface area contributed by atoms with Crippen LogP contribution < -0.4 is 0 Å². The van der Waals surface area contributed by atoms with Crippen LogP contribution in [0.4, 0.5) is 0 Å². The van der Waals surface area contributed by atoms with Gasteiger partial charge < -0.3 is 9.47 Å². The van der Waals surface area contributed by atoms with Crippen molar-refractivity contribution in [3.63, 3.8) is 0 Å². The van der Waals surface area contributed by atoms with Gasteiger partial charge in [0.2, 0.25) is 0 Å². The zero-order valence-corrected chi connectivity index (χ0v) is 6.58. The lowest BCUT2D eigenvalue weighted by Gasteiger charge is -2.14. The molecule has 1 aliphatic carbocycles. The van der Waals surface area contributed by atoms with E-state index in [2.05, 4.69) is 4.74 Å². The molecular formula is C8H12O3. The summed E-state index contributed by atoms with van der Waals surface area (Å²) < 4.78 is 9.98. The number of carbonyl (C=O) groups is 1. The Labute approximate surface area is 65.7 Å². The molecule has 0 aromatic rings. The average Bonchev–Trinajstić information content (AvgIpc) is 2.80. The van der Waals surface area contributed by atoms with Crippen molar-refractivity contribution in [1.29, 1.82) is 0 Å². The van der Waals surface area contributed by atoms with Crippen molar-refractivity contribution >= 4 is 5.97 Å². The molecule has 1 heterocycles. The molecule has 2 rings (SSSR count). The van der Waals surface area contributed by atoms with Crippen LogP contribution in [-0.4, -0.2) is 25.3 Å². The van der Waals surface area contributed by atoms with E-state index in [9.17, 15) is 4.79 Å². The van der Waals surface area contributed by atoms with E-state index < -0.39 is 0 Å². The van der Waals surface area contributed by atoms with Crippen molar-refractivity contribution in [3.05, 3.63) is 0 Å². The van der Waals surface area contributed by atoms with Crippen molar-refractivity contribution in [2.45, 2.75) is 31.5 Å². The van der Waals surface area contributed by atoms with E-state index in [1.807, 2.05) is 0 Å². The fourth-order valence-electron chi connectivity index (χ4n) is 1.85. The van der Waals surface area contributed by atoms with Crippen molar-refractivity contribution in [2.24, 2.45) is 5.92 Å². The number of rotatable bonds is 1. The standard InChI is InChI=1S/C8H12O3/c1-10-8(9)5-3-2-4-6-7(5)11-6/h5-7H,2-4H2,1H3. The highest BCUT2D eigenvalue weighted by molar-refractivity contribution is 5.73. The van der Waals surface area contributed by atoms with Crippen LogP contribution in [0.25, 0.3) is 0 Å². The third kappa shape index (κ3) is 1.13. The lowest BCUT2D eigenvalue weighted by Crippen LogP contribution is -2.25. The SMILES string of the molecule is COC(=O)C1CCCC2OC21. The van der Waals surface area contributed by atoms with Gasteiger partial charge in [-0.05, 0) is 19.3 Å². The van der Waals surface area contributed by atoms with Crippen LogP contribution in [0.1, 0.15) is 19.3 Å². The Hall–Kier alpha value is -0.570. The summed E-state index contributed by atoms with van der Waals surface area (Å²) in [5, 5.41) is 0. The molecule has 0 aromatic carbocycles. The van der Waals surface area contributed by atoms with Crippen LogP contribution in [0.5, 0.6) is 0 Å². The third-order valence-corrected chi connectivity index (χ3v) is 2.53. The first-order valence-electron chi connectivity index (χ1n) is 4.06. The molecule has 0 aromatic heterocycles. The summed E-state index contributed by atoms with van der Waals surface area (Å²) in [5.74, 6) is -0.0732. The molecule has 0 spiro atoms. The smallest absolute Gasteiger partial charge is 0.311 e. The van der Waals surface area contributed by atoms with Crippen LogP contribution in [0.3, 0.4) is 0 Å². The molecule has 1 aliphatic heterocycles. The second kappa shape index (κ2) is 2.48. The van der Waals surface area contributed by atoms with E-state index in [4.69, 9.17) is 4.74 Å². The Morgan fingerprint density at radius 2 is 2.36 bits per heavy atom. The first-order chi connectivity index (χ1) is 5.33. The number of esters is 1. The number of methoxy groups -OCH3 is 1. The molecule has 2 aliphatic rings. The Morgan fingerprint density at radius 1 is 1.55 bits per heavy atom.